The van der Waals surface area contributed by atoms with Crippen molar-refractivity contribution in [3.8, 4) is 11.1 Å². The Balaban J connectivity index is 1.51. The zero-order valence-corrected chi connectivity index (χ0v) is 25.2. The first kappa shape index (κ1) is 30.9. The summed E-state index contributed by atoms with van der Waals surface area (Å²) in [4.78, 5) is 51.8. The Morgan fingerprint density at radius 2 is 1.81 bits per heavy atom. The lowest BCUT2D eigenvalue weighted by Gasteiger charge is -2.24. The van der Waals surface area contributed by atoms with Crippen LogP contribution in [-0.2, 0) is 19.1 Å². The molecule has 42 heavy (non-hydrogen) atoms. The number of benzene rings is 3. The number of alkyl halides is 1. The van der Waals surface area contributed by atoms with Crippen LogP contribution in [0.4, 0.5) is 15.8 Å². The minimum Gasteiger partial charge on any atom is -0.465 e. The predicted molar refractivity (Wildman–Crippen MR) is 165 cm³/mol. The van der Waals surface area contributed by atoms with Gasteiger partial charge in [-0.1, -0.05) is 64.5 Å². The summed E-state index contributed by atoms with van der Waals surface area (Å²) in [5, 5.41) is 11.8. The molecular weight excluding hydrogens is 680 g/mol. The molecule has 3 amide bonds. The van der Waals surface area contributed by atoms with Crippen LogP contribution in [0.2, 0.25) is 5.02 Å². The van der Waals surface area contributed by atoms with Gasteiger partial charge in [0.05, 0.1) is 30.5 Å². The summed E-state index contributed by atoms with van der Waals surface area (Å²) in [5.41, 5.74) is 6.23. The molecule has 1 aliphatic rings. The van der Waals surface area contributed by atoms with Gasteiger partial charge in [-0.3, -0.25) is 14.4 Å². The molecule has 0 aromatic heterocycles. The molecule has 1 fully saturated rings. The Morgan fingerprint density at radius 1 is 1.10 bits per heavy atom. The standard InChI is InChI=1S/C29H26ClFIN5O5/c1-42-29(41)15-9-10-21(19(11-15)26(33)27(34)39)35-13-24(38)37-14-16(32)12-23(37)28(40)36-22-8-4-6-18(25(22)31)17-5-2-3-7-20(17)30/h2-11,16,23,33,35H,12-14H2,1H3,(H2,34,39)(H,36,40)/p+1/t16-,23+/m1/s1. The van der Waals surface area contributed by atoms with Gasteiger partial charge in [0.1, 0.15) is 6.04 Å². The average Bonchev–Trinajstić information content (AvgIpc) is 3.38. The van der Waals surface area contributed by atoms with Gasteiger partial charge < -0.3 is 26.0 Å². The number of halogens is 3. The third kappa shape index (κ3) is 6.71. The van der Waals surface area contributed by atoms with Gasteiger partial charge in [-0.2, -0.15) is 0 Å². The summed E-state index contributed by atoms with van der Waals surface area (Å²) in [7, 11) is 1.21. The minimum atomic E-state index is -0.915. The fourth-order valence-electron chi connectivity index (χ4n) is 4.61. The van der Waals surface area contributed by atoms with Crippen molar-refractivity contribution in [2.45, 2.75) is 16.4 Å². The smallest absolute Gasteiger partial charge is 0.337 e. The third-order valence-corrected chi connectivity index (χ3v) is 7.95. The van der Waals surface area contributed by atoms with Crippen LogP contribution in [0, 0.1) is 5.82 Å². The maximum absolute atomic E-state index is 15.4. The van der Waals surface area contributed by atoms with Gasteiger partial charge in [-0.25, -0.2) is 14.6 Å². The van der Waals surface area contributed by atoms with Crippen molar-refractivity contribution in [2.75, 3.05) is 30.8 Å². The second-order valence-electron chi connectivity index (χ2n) is 9.41. The molecule has 13 heteroatoms. The van der Waals surface area contributed by atoms with Gasteiger partial charge in [0.2, 0.25) is 11.8 Å². The highest BCUT2D eigenvalue weighted by Gasteiger charge is 2.39. The number of nitrogens with zero attached hydrogens (tertiary/aromatic N) is 1. The molecule has 0 radical (unpaired) electrons. The number of nitrogens with two attached hydrogens (primary N) is 2. The van der Waals surface area contributed by atoms with Gasteiger partial charge >= 0.3 is 11.9 Å². The van der Waals surface area contributed by atoms with Crippen LogP contribution in [0.25, 0.3) is 11.1 Å². The topological polar surface area (TPSA) is 156 Å². The molecule has 3 aromatic carbocycles. The summed E-state index contributed by atoms with van der Waals surface area (Å²) in [6.07, 6.45) is 0.367. The molecule has 6 N–H and O–H groups in total. The number of rotatable bonds is 9. The lowest BCUT2D eigenvalue weighted by Crippen LogP contribution is -2.49. The Bertz CT molecular complexity index is 1590. The number of carbonyl (C=O) groups is 4. The summed E-state index contributed by atoms with van der Waals surface area (Å²) in [6, 6.07) is 14.8. The molecular formula is C29H27ClFIN5O5+. The normalized spacial score (nSPS) is 16.0. The Kier molecular flexibility index (Phi) is 9.78. The van der Waals surface area contributed by atoms with Crippen LogP contribution in [0.3, 0.4) is 0 Å². The Labute approximate surface area is 259 Å². The number of esters is 1. The van der Waals surface area contributed by atoms with Gasteiger partial charge in [-0.15, -0.1) is 0 Å². The summed E-state index contributed by atoms with van der Waals surface area (Å²) in [5.74, 6) is -3.16. The fourth-order valence-corrected chi connectivity index (χ4v) is 5.76. The van der Waals surface area contributed by atoms with E-state index in [0.29, 0.717) is 23.6 Å². The zero-order valence-electron chi connectivity index (χ0n) is 22.3. The van der Waals surface area contributed by atoms with E-state index in [4.69, 9.17) is 27.5 Å². The quantitative estimate of drug-likeness (QED) is 0.116. The van der Waals surface area contributed by atoms with Crippen molar-refractivity contribution in [1.82, 2.24) is 4.90 Å². The number of likely N-dealkylation sites (tertiary alicyclic amines) is 1. The van der Waals surface area contributed by atoms with E-state index in [1.165, 1.54) is 36.3 Å². The molecule has 0 bridgehead atoms. The number of nitrogens with one attached hydrogen (secondary N) is 2. The maximum Gasteiger partial charge on any atom is 0.337 e. The minimum absolute atomic E-state index is 0.0182. The second kappa shape index (κ2) is 13.3. The molecule has 0 unspecified atom stereocenters. The van der Waals surface area contributed by atoms with Gasteiger partial charge in [0.25, 0.3) is 5.71 Å². The summed E-state index contributed by atoms with van der Waals surface area (Å²) in [6.45, 7) is 0.0328. The van der Waals surface area contributed by atoms with Crippen LogP contribution in [-0.4, -0.2) is 64.5 Å². The first-order valence-corrected chi connectivity index (χ1v) is 14.3. The Morgan fingerprint density at radius 3 is 2.50 bits per heavy atom. The van der Waals surface area contributed by atoms with Gasteiger partial charge in [-0.05, 0) is 36.8 Å². The molecule has 4 rings (SSSR count). The summed E-state index contributed by atoms with van der Waals surface area (Å²) >= 11 is 8.41. The van der Waals surface area contributed by atoms with E-state index in [-0.39, 0.29) is 44.2 Å². The van der Waals surface area contributed by atoms with Crippen molar-refractivity contribution in [3.63, 3.8) is 0 Å². The van der Waals surface area contributed by atoms with E-state index in [9.17, 15) is 19.2 Å². The molecule has 0 aliphatic carbocycles. The van der Waals surface area contributed by atoms with Crippen LogP contribution in [0.5, 0.6) is 0 Å². The second-order valence-corrected chi connectivity index (χ2v) is 11.6. The molecule has 1 aliphatic heterocycles. The molecule has 1 saturated heterocycles. The van der Waals surface area contributed by atoms with Crippen molar-refractivity contribution in [2.24, 2.45) is 5.73 Å². The van der Waals surface area contributed by atoms with E-state index in [1.54, 1.807) is 36.4 Å². The molecule has 3 aromatic rings. The van der Waals surface area contributed by atoms with Crippen LogP contribution in [0.15, 0.2) is 60.7 Å². The molecule has 0 spiro atoms. The average molecular weight is 707 g/mol. The maximum atomic E-state index is 15.4. The molecule has 1 heterocycles. The van der Waals surface area contributed by atoms with E-state index in [1.807, 2.05) is 0 Å². The summed E-state index contributed by atoms with van der Waals surface area (Å²) < 4.78 is 20.1. The van der Waals surface area contributed by atoms with E-state index in [2.05, 4.69) is 33.2 Å². The lowest BCUT2D eigenvalue weighted by molar-refractivity contribution is -0.135. The molecule has 0 saturated carbocycles. The Hall–Kier alpha value is -4.04. The number of amides is 3. The highest BCUT2D eigenvalue weighted by atomic mass is 127. The van der Waals surface area contributed by atoms with E-state index < -0.39 is 35.5 Å². The molecule has 10 nitrogen and oxygen atoms in total. The number of hydrogen-bond acceptors (Lipinski definition) is 6. The number of methoxy groups -OCH3 is 1. The van der Waals surface area contributed by atoms with Crippen molar-refractivity contribution in [1.29, 1.82) is 0 Å². The number of hydrogen-bond donors (Lipinski definition) is 4. The van der Waals surface area contributed by atoms with E-state index >= 15 is 4.39 Å². The monoisotopic (exact) mass is 706 g/mol. The number of ether oxygens (including phenoxy) is 1. The first-order valence-electron chi connectivity index (χ1n) is 12.7. The van der Waals surface area contributed by atoms with Gasteiger partial charge in [0, 0.05) is 32.3 Å². The highest BCUT2D eigenvalue weighted by molar-refractivity contribution is 14.1. The third-order valence-electron chi connectivity index (χ3n) is 6.72. The molecule has 2 atom stereocenters. The van der Waals surface area contributed by atoms with Gasteiger partial charge in [0.15, 0.2) is 5.82 Å². The van der Waals surface area contributed by atoms with Crippen molar-refractivity contribution < 1.29 is 33.7 Å². The van der Waals surface area contributed by atoms with Crippen LogP contribution in [0.1, 0.15) is 22.3 Å². The molecule has 218 valence electrons. The number of carbonyl (C=O) groups excluding carboxylic acids is 4. The highest BCUT2D eigenvalue weighted by Crippen LogP contribution is 2.33. The number of primary amides is 1. The van der Waals surface area contributed by atoms with Crippen LogP contribution < -0.4 is 21.8 Å². The lowest BCUT2D eigenvalue weighted by atomic mass is 10.0. The largest absolute Gasteiger partial charge is 0.465 e. The number of anilines is 2. The first-order chi connectivity index (χ1) is 20.0. The predicted octanol–water partition coefficient (Wildman–Crippen LogP) is 2.42. The SMILES string of the molecule is COC(=O)c1ccc(NCC(=O)N2C[C@H](I)C[C@H]2C(=O)Nc2cccc(-c3ccccc3Cl)c2F)c(C(=[NH2+])C(N)=O)c1. The van der Waals surface area contributed by atoms with E-state index in [0.717, 1.165) is 0 Å². The fraction of sp³-hybridized carbons (Fsp3) is 0.207. The van der Waals surface area contributed by atoms with Crippen molar-refractivity contribution >= 4 is 75.0 Å². The zero-order chi connectivity index (χ0) is 30.6. The van der Waals surface area contributed by atoms with Crippen LogP contribution >= 0.6 is 34.2 Å². The van der Waals surface area contributed by atoms with Crippen molar-refractivity contribution in [3.05, 3.63) is 82.6 Å².